The van der Waals surface area contributed by atoms with Crippen LogP contribution in [-0.4, -0.2) is 22.2 Å². The first-order valence-electron chi connectivity index (χ1n) is 5.41. The highest BCUT2D eigenvalue weighted by Gasteiger charge is 2.11. The van der Waals surface area contributed by atoms with Crippen molar-refractivity contribution in [2.75, 3.05) is 0 Å². The Hall–Kier alpha value is -2.27. The van der Waals surface area contributed by atoms with E-state index in [2.05, 4.69) is 0 Å². The summed E-state index contributed by atoms with van der Waals surface area (Å²) < 4.78 is 0. The van der Waals surface area contributed by atoms with Crippen LogP contribution in [-0.2, 0) is 0 Å². The summed E-state index contributed by atoms with van der Waals surface area (Å²) in [5.74, 6) is -2.01. The van der Waals surface area contributed by atoms with Gasteiger partial charge in [0, 0.05) is 9.79 Å². The van der Waals surface area contributed by atoms with Crippen LogP contribution in [0.15, 0.2) is 58.3 Å². The van der Waals surface area contributed by atoms with Crippen molar-refractivity contribution in [3.05, 3.63) is 59.7 Å². The summed E-state index contributed by atoms with van der Waals surface area (Å²) >= 11 is 1.23. The number of carboxylic acid groups (broad SMARTS) is 2. The Morgan fingerprint density at radius 2 is 1.63 bits per heavy atom. The molecule has 0 unspecified atom stereocenters. The molecule has 2 aromatic carbocycles. The second-order valence-corrected chi connectivity index (χ2v) is 4.85. The van der Waals surface area contributed by atoms with Crippen molar-refractivity contribution in [1.82, 2.24) is 0 Å². The van der Waals surface area contributed by atoms with Crippen molar-refractivity contribution >= 4 is 23.7 Å². The molecule has 0 saturated heterocycles. The molecule has 0 saturated carbocycles. The Balaban J connectivity index is 2.34. The van der Waals surface area contributed by atoms with Crippen molar-refractivity contribution in [2.24, 2.45) is 0 Å². The van der Waals surface area contributed by atoms with Gasteiger partial charge in [-0.2, -0.15) is 0 Å². The maximum Gasteiger partial charge on any atom is 0.336 e. The standard InChI is InChI=1S/C14H10O4S/c15-13(16)9-4-3-5-10(8-9)19-12-7-2-1-6-11(12)14(17)18/h1-8H,(H,15,16)(H,17,18). The van der Waals surface area contributed by atoms with Gasteiger partial charge in [0.05, 0.1) is 11.1 Å². The Kier molecular flexibility index (Phi) is 3.87. The molecule has 0 aliphatic rings. The van der Waals surface area contributed by atoms with Gasteiger partial charge in [0.15, 0.2) is 0 Å². The topological polar surface area (TPSA) is 74.6 Å². The van der Waals surface area contributed by atoms with Crippen LogP contribution in [0.3, 0.4) is 0 Å². The molecular weight excluding hydrogens is 264 g/mol. The van der Waals surface area contributed by atoms with Crippen LogP contribution < -0.4 is 0 Å². The van der Waals surface area contributed by atoms with Gasteiger partial charge in [0.25, 0.3) is 0 Å². The van der Waals surface area contributed by atoms with E-state index in [1.165, 1.54) is 30.0 Å². The number of carboxylic acids is 2. The van der Waals surface area contributed by atoms with Crippen molar-refractivity contribution in [1.29, 1.82) is 0 Å². The van der Waals surface area contributed by atoms with Crippen LogP contribution in [0.4, 0.5) is 0 Å². The van der Waals surface area contributed by atoms with Crippen molar-refractivity contribution in [3.63, 3.8) is 0 Å². The van der Waals surface area contributed by atoms with Crippen LogP contribution in [0.5, 0.6) is 0 Å². The van der Waals surface area contributed by atoms with Crippen LogP contribution in [0.1, 0.15) is 20.7 Å². The summed E-state index contributed by atoms with van der Waals surface area (Å²) in [4.78, 5) is 23.2. The quantitative estimate of drug-likeness (QED) is 0.895. The summed E-state index contributed by atoms with van der Waals surface area (Å²) in [6.45, 7) is 0. The van der Waals surface area contributed by atoms with Gasteiger partial charge in [-0.05, 0) is 30.3 Å². The number of aromatic carboxylic acids is 2. The van der Waals surface area contributed by atoms with E-state index in [-0.39, 0.29) is 11.1 Å². The lowest BCUT2D eigenvalue weighted by Gasteiger charge is -2.06. The molecule has 0 radical (unpaired) electrons. The molecule has 0 aliphatic heterocycles. The average Bonchev–Trinajstić information content (AvgIpc) is 2.39. The number of carbonyl (C=O) groups is 2. The van der Waals surface area contributed by atoms with Crippen LogP contribution in [0.25, 0.3) is 0 Å². The fraction of sp³-hybridized carbons (Fsp3) is 0. The molecule has 96 valence electrons. The average molecular weight is 274 g/mol. The highest BCUT2D eigenvalue weighted by Crippen LogP contribution is 2.30. The normalized spacial score (nSPS) is 10.1. The van der Waals surface area contributed by atoms with Gasteiger partial charge < -0.3 is 10.2 Å². The lowest BCUT2D eigenvalue weighted by molar-refractivity contribution is 0.0683. The molecule has 0 aromatic heterocycles. The fourth-order valence-electron chi connectivity index (χ4n) is 1.55. The van der Waals surface area contributed by atoms with E-state index in [0.29, 0.717) is 9.79 Å². The SMILES string of the molecule is O=C(O)c1cccc(Sc2ccccc2C(=O)O)c1. The van der Waals surface area contributed by atoms with Crippen molar-refractivity contribution in [3.8, 4) is 0 Å². The lowest BCUT2D eigenvalue weighted by Crippen LogP contribution is -1.98. The molecule has 0 atom stereocenters. The zero-order chi connectivity index (χ0) is 13.8. The van der Waals surface area contributed by atoms with Gasteiger partial charge in [-0.25, -0.2) is 9.59 Å². The highest BCUT2D eigenvalue weighted by molar-refractivity contribution is 7.99. The molecule has 2 aromatic rings. The second-order valence-electron chi connectivity index (χ2n) is 3.74. The Labute approximate surface area is 113 Å². The van der Waals surface area contributed by atoms with Crippen LogP contribution >= 0.6 is 11.8 Å². The van der Waals surface area contributed by atoms with Gasteiger partial charge in [-0.1, -0.05) is 30.0 Å². The predicted molar refractivity (Wildman–Crippen MR) is 70.9 cm³/mol. The Morgan fingerprint density at radius 3 is 2.32 bits per heavy atom. The smallest absolute Gasteiger partial charge is 0.336 e. The van der Waals surface area contributed by atoms with E-state index in [1.807, 2.05) is 0 Å². The van der Waals surface area contributed by atoms with Gasteiger partial charge >= 0.3 is 11.9 Å². The monoisotopic (exact) mass is 274 g/mol. The Morgan fingerprint density at radius 1 is 0.895 bits per heavy atom. The van der Waals surface area contributed by atoms with E-state index in [0.717, 1.165) is 0 Å². The third kappa shape index (κ3) is 3.14. The number of hydrogen-bond acceptors (Lipinski definition) is 3. The minimum atomic E-state index is -1.01. The zero-order valence-electron chi connectivity index (χ0n) is 9.74. The third-order valence-electron chi connectivity index (χ3n) is 2.43. The maximum atomic E-state index is 11.1. The molecule has 19 heavy (non-hydrogen) atoms. The highest BCUT2D eigenvalue weighted by atomic mass is 32.2. The van der Waals surface area contributed by atoms with Gasteiger partial charge in [-0.3, -0.25) is 0 Å². The molecule has 0 fully saturated rings. The second kappa shape index (κ2) is 5.58. The predicted octanol–water partition coefficient (Wildman–Crippen LogP) is 3.23. The molecule has 5 heteroatoms. The summed E-state index contributed by atoms with van der Waals surface area (Å²) in [5.41, 5.74) is 0.381. The van der Waals surface area contributed by atoms with Crippen LogP contribution in [0.2, 0.25) is 0 Å². The molecule has 0 bridgehead atoms. The Bertz CT molecular complexity index is 637. The van der Waals surface area contributed by atoms with E-state index in [1.54, 1.807) is 30.3 Å². The molecule has 2 N–H and O–H groups in total. The van der Waals surface area contributed by atoms with E-state index in [9.17, 15) is 9.59 Å². The van der Waals surface area contributed by atoms with Gasteiger partial charge in [0.1, 0.15) is 0 Å². The third-order valence-corrected chi connectivity index (χ3v) is 3.49. The number of rotatable bonds is 4. The molecule has 2 rings (SSSR count). The van der Waals surface area contributed by atoms with Crippen molar-refractivity contribution < 1.29 is 19.8 Å². The minimum Gasteiger partial charge on any atom is -0.478 e. The first kappa shape index (κ1) is 13.2. The minimum absolute atomic E-state index is 0.179. The first-order chi connectivity index (χ1) is 9.08. The van der Waals surface area contributed by atoms with Gasteiger partial charge in [-0.15, -0.1) is 0 Å². The fourth-order valence-corrected chi connectivity index (χ4v) is 2.55. The molecule has 0 heterocycles. The maximum absolute atomic E-state index is 11.1. The molecular formula is C14H10O4S. The summed E-state index contributed by atoms with van der Waals surface area (Å²) in [5, 5.41) is 18.0. The summed E-state index contributed by atoms with van der Waals surface area (Å²) in [6, 6.07) is 13.0. The van der Waals surface area contributed by atoms with E-state index in [4.69, 9.17) is 10.2 Å². The summed E-state index contributed by atoms with van der Waals surface area (Å²) in [6.07, 6.45) is 0. The van der Waals surface area contributed by atoms with Crippen molar-refractivity contribution in [2.45, 2.75) is 9.79 Å². The van der Waals surface area contributed by atoms with E-state index >= 15 is 0 Å². The lowest BCUT2D eigenvalue weighted by atomic mass is 10.2. The molecule has 0 aliphatic carbocycles. The molecule has 0 spiro atoms. The summed E-state index contributed by atoms with van der Waals surface area (Å²) in [7, 11) is 0. The van der Waals surface area contributed by atoms with Gasteiger partial charge in [0.2, 0.25) is 0 Å². The number of hydrogen-bond donors (Lipinski definition) is 2. The molecule has 0 amide bonds. The first-order valence-corrected chi connectivity index (χ1v) is 6.23. The molecule has 4 nitrogen and oxygen atoms in total. The van der Waals surface area contributed by atoms with Crippen LogP contribution in [0, 0.1) is 0 Å². The number of benzene rings is 2. The van der Waals surface area contributed by atoms with E-state index < -0.39 is 11.9 Å². The zero-order valence-corrected chi connectivity index (χ0v) is 10.6. The largest absolute Gasteiger partial charge is 0.478 e.